The van der Waals surface area contributed by atoms with Gasteiger partial charge in [0, 0.05) is 24.4 Å². The number of nitrogens with one attached hydrogen (secondary N) is 2. The molecule has 7 heteroatoms. The van der Waals surface area contributed by atoms with Gasteiger partial charge in [0.1, 0.15) is 0 Å². The Morgan fingerprint density at radius 2 is 1.81 bits per heavy atom. The molecule has 0 radical (unpaired) electrons. The van der Waals surface area contributed by atoms with Crippen LogP contribution in [-0.4, -0.2) is 33.6 Å². The molecule has 0 aromatic heterocycles. The largest absolute Gasteiger partial charge is 0.377 e. The Hall–Kier alpha value is -2.22. The van der Waals surface area contributed by atoms with Gasteiger partial charge in [-0.3, -0.25) is 4.79 Å². The van der Waals surface area contributed by atoms with Crippen LogP contribution in [0.3, 0.4) is 0 Å². The summed E-state index contributed by atoms with van der Waals surface area (Å²) in [6.07, 6.45) is 2.69. The van der Waals surface area contributed by atoms with Gasteiger partial charge in [-0.15, -0.1) is 0 Å². The monoisotopic (exact) mass is 388 g/mol. The predicted octanol–water partition coefficient (Wildman–Crippen LogP) is 2.96. The molecule has 0 spiro atoms. The third kappa shape index (κ3) is 5.15. The lowest BCUT2D eigenvalue weighted by molar-refractivity contribution is 0.102. The summed E-state index contributed by atoms with van der Waals surface area (Å²) in [5.74, 6) is -0.282. The van der Waals surface area contributed by atoms with Crippen molar-refractivity contribution in [2.75, 3.05) is 18.5 Å². The van der Waals surface area contributed by atoms with E-state index in [0.29, 0.717) is 17.9 Å². The zero-order valence-corrected chi connectivity index (χ0v) is 16.1. The number of rotatable bonds is 7. The molecule has 1 unspecified atom stereocenters. The summed E-state index contributed by atoms with van der Waals surface area (Å²) >= 11 is 0. The first-order valence-corrected chi connectivity index (χ1v) is 10.6. The molecule has 27 heavy (non-hydrogen) atoms. The lowest BCUT2D eigenvalue weighted by Crippen LogP contribution is -2.31. The predicted molar refractivity (Wildman–Crippen MR) is 104 cm³/mol. The van der Waals surface area contributed by atoms with Gasteiger partial charge in [0.2, 0.25) is 10.0 Å². The normalized spacial score (nSPS) is 17.0. The number of anilines is 1. The summed E-state index contributed by atoms with van der Waals surface area (Å²) in [5.41, 5.74) is 2.29. The number of benzene rings is 2. The lowest BCUT2D eigenvalue weighted by Gasteiger charge is -2.12. The van der Waals surface area contributed by atoms with Crippen LogP contribution in [0.25, 0.3) is 0 Å². The van der Waals surface area contributed by atoms with Crippen LogP contribution < -0.4 is 10.0 Å². The molecule has 1 atom stereocenters. The van der Waals surface area contributed by atoms with E-state index in [1.54, 1.807) is 0 Å². The highest BCUT2D eigenvalue weighted by molar-refractivity contribution is 7.89. The Labute approximate surface area is 160 Å². The Balaban J connectivity index is 1.61. The molecule has 2 N–H and O–H groups in total. The van der Waals surface area contributed by atoms with Crippen LogP contribution in [0.4, 0.5) is 5.69 Å². The molecule has 1 heterocycles. The maximum atomic E-state index is 12.4. The number of aryl methyl sites for hydroxylation is 1. The van der Waals surface area contributed by atoms with Crippen LogP contribution >= 0.6 is 0 Å². The molecule has 6 nitrogen and oxygen atoms in total. The molecule has 1 amide bonds. The number of hydrogen-bond donors (Lipinski definition) is 2. The fourth-order valence-electron chi connectivity index (χ4n) is 2.90. The minimum atomic E-state index is -3.62. The minimum absolute atomic E-state index is 0.0658. The van der Waals surface area contributed by atoms with Crippen molar-refractivity contribution in [2.45, 2.75) is 37.2 Å². The average Bonchev–Trinajstić information content (AvgIpc) is 3.21. The van der Waals surface area contributed by atoms with Gasteiger partial charge in [-0.2, -0.15) is 0 Å². The number of carbonyl (C=O) groups excluding carboxylic acids is 1. The third-order valence-electron chi connectivity index (χ3n) is 4.57. The fraction of sp³-hybridized carbons (Fsp3) is 0.350. The van der Waals surface area contributed by atoms with Gasteiger partial charge >= 0.3 is 0 Å². The Kier molecular flexibility index (Phi) is 6.26. The van der Waals surface area contributed by atoms with E-state index in [2.05, 4.69) is 17.0 Å². The van der Waals surface area contributed by atoms with Gasteiger partial charge in [0.25, 0.3) is 5.91 Å². The first-order chi connectivity index (χ1) is 13.0. The lowest BCUT2D eigenvalue weighted by atomic mass is 10.1. The quantitative estimate of drug-likeness (QED) is 0.764. The average molecular weight is 388 g/mol. The molecule has 1 fully saturated rings. The van der Waals surface area contributed by atoms with Crippen LogP contribution in [0.15, 0.2) is 53.4 Å². The standard InChI is InChI=1S/C20H24N2O4S/c1-2-15-5-9-17(10-6-15)22-20(23)16-7-11-19(12-8-16)27(24,25)21-14-18-4-3-13-26-18/h5-12,18,21H,2-4,13-14H2,1H3,(H,22,23). The molecular weight excluding hydrogens is 364 g/mol. The number of hydrogen-bond acceptors (Lipinski definition) is 4. The number of amides is 1. The number of ether oxygens (including phenoxy) is 1. The van der Waals surface area contributed by atoms with Gasteiger partial charge in [0.05, 0.1) is 11.0 Å². The van der Waals surface area contributed by atoms with Crippen molar-refractivity contribution in [1.29, 1.82) is 0 Å². The van der Waals surface area contributed by atoms with E-state index in [1.807, 2.05) is 24.3 Å². The van der Waals surface area contributed by atoms with E-state index in [4.69, 9.17) is 4.74 Å². The van der Waals surface area contributed by atoms with E-state index < -0.39 is 10.0 Å². The van der Waals surface area contributed by atoms with Crippen LogP contribution in [0, 0.1) is 0 Å². The maximum Gasteiger partial charge on any atom is 0.255 e. The van der Waals surface area contributed by atoms with E-state index in [-0.39, 0.29) is 23.5 Å². The van der Waals surface area contributed by atoms with Crippen molar-refractivity contribution in [3.8, 4) is 0 Å². The van der Waals surface area contributed by atoms with Gasteiger partial charge < -0.3 is 10.1 Å². The van der Waals surface area contributed by atoms with Gasteiger partial charge in [0.15, 0.2) is 0 Å². The highest BCUT2D eigenvalue weighted by Crippen LogP contribution is 2.16. The van der Waals surface area contributed by atoms with Gasteiger partial charge in [-0.1, -0.05) is 19.1 Å². The van der Waals surface area contributed by atoms with Crippen molar-refractivity contribution in [3.05, 3.63) is 59.7 Å². The highest BCUT2D eigenvalue weighted by atomic mass is 32.2. The zero-order chi connectivity index (χ0) is 19.3. The molecular formula is C20H24N2O4S. The van der Waals surface area contributed by atoms with Crippen molar-refractivity contribution >= 4 is 21.6 Å². The summed E-state index contributed by atoms with van der Waals surface area (Å²) in [4.78, 5) is 12.5. The second-order valence-corrected chi connectivity index (χ2v) is 8.28. The topological polar surface area (TPSA) is 84.5 Å². The molecule has 1 aliphatic heterocycles. The highest BCUT2D eigenvalue weighted by Gasteiger charge is 2.20. The summed E-state index contributed by atoms with van der Waals surface area (Å²) in [6, 6.07) is 13.5. The van der Waals surface area contributed by atoms with E-state index >= 15 is 0 Å². The smallest absolute Gasteiger partial charge is 0.255 e. The third-order valence-corrected chi connectivity index (χ3v) is 6.01. The molecule has 1 saturated heterocycles. The second kappa shape index (κ2) is 8.65. The van der Waals surface area contributed by atoms with Crippen LogP contribution in [0.2, 0.25) is 0 Å². The summed E-state index contributed by atoms with van der Waals surface area (Å²) < 4.78 is 32.7. The van der Waals surface area contributed by atoms with Crippen LogP contribution in [0.1, 0.15) is 35.7 Å². The zero-order valence-electron chi connectivity index (χ0n) is 15.3. The molecule has 0 bridgehead atoms. The molecule has 144 valence electrons. The second-order valence-electron chi connectivity index (χ2n) is 6.52. The fourth-order valence-corrected chi connectivity index (χ4v) is 3.97. The van der Waals surface area contributed by atoms with Crippen LogP contribution in [0.5, 0.6) is 0 Å². The number of sulfonamides is 1. The minimum Gasteiger partial charge on any atom is -0.377 e. The van der Waals surface area contributed by atoms with Crippen molar-refractivity contribution in [1.82, 2.24) is 4.72 Å². The maximum absolute atomic E-state index is 12.4. The molecule has 0 saturated carbocycles. The number of carbonyl (C=O) groups is 1. The Bertz CT molecular complexity index is 871. The SMILES string of the molecule is CCc1ccc(NC(=O)c2ccc(S(=O)(=O)NCC3CCCO3)cc2)cc1. The summed E-state index contributed by atoms with van der Waals surface area (Å²) in [5, 5.41) is 2.81. The molecule has 2 aromatic carbocycles. The van der Waals surface area contributed by atoms with Crippen LogP contribution in [-0.2, 0) is 21.2 Å². The van der Waals surface area contributed by atoms with Crippen molar-refractivity contribution in [2.24, 2.45) is 0 Å². The molecule has 1 aliphatic rings. The van der Waals surface area contributed by atoms with Crippen molar-refractivity contribution in [3.63, 3.8) is 0 Å². The van der Waals surface area contributed by atoms with Crippen molar-refractivity contribution < 1.29 is 17.9 Å². The Morgan fingerprint density at radius 3 is 2.41 bits per heavy atom. The summed E-state index contributed by atoms with van der Waals surface area (Å²) in [6.45, 7) is 3.01. The molecule has 0 aliphatic carbocycles. The molecule has 2 aromatic rings. The summed E-state index contributed by atoms with van der Waals surface area (Å²) in [7, 11) is -3.62. The van der Waals surface area contributed by atoms with E-state index in [1.165, 1.54) is 29.8 Å². The van der Waals surface area contributed by atoms with E-state index in [9.17, 15) is 13.2 Å². The van der Waals surface area contributed by atoms with Gasteiger partial charge in [-0.25, -0.2) is 13.1 Å². The van der Waals surface area contributed by atoms with E-state index in [0.717, 1.165) is 19.3 Å². The first kappa shape index (κ1) is 19.5. The Morgan fingerprint density at radius 1 is 1.11 bits per heavy atom. The van der Waals surface area contributed by atoms with Gasteiger partial charge in [-0.05, 0) is 61.2 Å². The molecule has 3 rings (SSSR count). The first-order valence-electron chi connectivity index (χ1n) is 9.09.